The summed E-state index contributed by atoms with van der Waals surface area (Å²) in [7, 11) is 1.96. The van der Waals surface area contributed by atoms with E-state index in [0.29, 0.717) is 31.0 Å². The fourth-order valence-corrected chi connectivity index (χ4v) is 3.49. The third-order valence-corrected chi connectivity index (χ3v) is 5.00. The third-order valence-electron chi connectivity index (χ3n) is 5.00. The molecule has 1 unspecified atom stereocenters. The monoisotopic (exact) mass is 329 g/mol. The van der Waals surface area contributed by atoms with Crippen molar-refractivity contribution in [1.29, 1.82) is 0 Å². The van der Waals surface area contributed by atoms with Crippen LogP contribution in [-0.4, -0.2) is 40.3 Å². The van der Waals surface area contributed by atoms with E-state index in [9.17, 15) is 4.79 Å². The van der Waals surface area contributed by atoms with Gasteiger partial charge in [-0.05, 0) is 31.7 Å². The Morgan fingerprint density at radius 3 is 2.96 bits per heavy atom. The van der Waals surface area contributed by atoms with Crippen molar-refractivity contribution in [2.24, 2.45) is 13.0 Å². The molecule has 24 heavy (non-hydrogen) atoms. The first-order chi connectivity index (χ1) is 11.6. The number of aromatic nitrogens is 2. The van der Waals surface area contributed by atoms with Crippen molar-refractivity contribution in [2.45, 2.75) is 32.2 Å². The second-order valence-corrected chi connectivity index (χ2v) is 6.93. The fraction of sp³-hybridized carbons (Fsp3) is 0.556. The Morgan fingerprint density at radius 1 is 1.42 bits per heavy atom. The maximum atomic E-state index is 12.8. The largest absolute Gasteiger partial charge is 0.469 e. The topological polar surface area (TPSA) is 60.5 Å². The quantitative estimate of drug-likeness (QED) is 0.845. The van der Waals surface area contributed by atoms with Gasteiger partial charge in [-0.25, -0.2) is 0 Å². The van der Waals surface area contributed by atoms with Gasteiger partial charge in [0.05, 0.1) is 30.3 Å². The Labute approximate surface area is 141 Å². The first kappa shape index (κ1) is 15.4. The predicted octanol–water partition coefficient (Wildman–Crippen LogP) is 2.49. The lowest BCUT2D eigenvalue weighted by Crippen LogP contribution is -2.40. The van der Waals surface area contributed by atoms with Gasteiger partial charge in [0.25, 0.3) is 5.91 Å². The van der Waals surface area contributed by atoms with Crippen LogP contribution in [0.15, 0.2) is 22.9 Å². The van der Waals surface area contributed by atoms with Crippen LogP contribution in [0.25, 0.3) is 0 Å². The van der Waals surface area contributed by atoms with Crippen LogP contribution in [0.5, 0.6) is 0 Å². The van der Waals surface area contributed by atoms with Crippen LogP contribution in [0.1, 0.15) is 46.1 Å². The molecule has 1 aliphatic carbocycles. The van der Waals surface area contributed by atoms with Crippen LogP contribution in [0.3, 0.4) is 0 Å². The number of carbonyl (C=O) groups excluding carboxylic acids is 1. The molecule has 0 aromatic carbocycles. The van der Waals surface area contributed by atoms with E-state index in [1.54, 1.807) is 12.3 Å². The number of furan rings is 1. The van der Waals surface area contributed by atoms with Crippen LogP contribution >= 0.6 is 0 Å². The van der Waals surface area contributed by atoms with Crippen LogP contribution in [0, 0.1) is 12.8 Å². The molecule has 1 atom stereocenters. The number of nitrogens with zero attached hydrogens (tertiary/aromatic N) is 3. The van der Waals surface area contributed by atoms with Crippen molar-refractivity contribution in [3.63, 3.8) is 0 Å². The molecule has 2 aromatic heterocycles. The van der Waals surface area contributed by atoms with Gasteiger partial charge in [-0.1, -0.05) is 0 Å². The van der Waals surface area contributed by atoms with Gasteiger partial charge < -0.3 is 14.1 Å². The SMILES string of the molecule is Cc1occc1C(=O)N1Cc2cnn(C)c2C(COCC2CC2)C1. The van der Waals surface area contributed by atoms with E-state index in [1.807, 2.05) is 29.7 Å². The minimum Gasteiger partial charge on any atom is -0.469 e. The van der Waals surface area contributed by atoms with Crippen molar-refractivity contribution < 1.29 is 13.9 Å². The normalized spacial score (nSPS) is 20.2. The second-order valence-electron chi connectivity index (χ2n) is 6.93. The Hall–Kier alpha value is -2.08. The molecule has 1 saturated carbocycles. The van der Waals surface area contributed by atoms with Gasteiger partial charge in [0.1, 0.15) is 5.76 Å². The van der Waals surface area contributed by atoms with E-state index in [4.69, 9.17) is 9.15 Å². The summed E-state index contributed by atoms with van der Waals surface area (Å²) in [4.78, 5) is 14.7. The van der Waals surface area contributed by atoms with E-state index in [0.717, 1.165) is 18.1 Å². The number of aryl methyl sites for hydroxylation is 2. The molecule has 3 heterocycles. The summed E-state index contributed by atoms with van der Waals surface area (Å²) in [6.45, 7) is 4.53. The number of ether oxygens (including phenoxy) is 1. The van der Waals surface area contributed by atoms with E-state index in [2.05, 4.69) is 5.10 Å². The molecule has 6 nitrogen and oxygen atoms in total. The van der Waals surface area contributed by atoms with Crippen molar-refractivity contribution in [1.82, 2.24) is 14.7 Å². The van der Waals surface area contributed by atoms with Crippen molar-refractivity contribution >= 4 is 5.91 Å². The maximum Gasteiger partial charge on any atom is 0.257 e. The smallest absolute Gasteiger partial charge is 0.257 e. The number of fused-ring (bicyclic) bond motifs is 1. The molecule has 0 bridgehead atoms. The van der Waals surface area contributed by atoms with Gasteiger partial charge in [0, 0.05) is 38.2 Å². The van der Waals surface area contributed by atoms with E-state index in [-0.39, 0.29) is 11.8 Å². The molecule has 1 aliphatic heterocycles. The molecular weight excluding hydrogens is 306 g/mol. The zero-order valence-corrected chi connectivity index (χ0v) is 14.2. The predicted molar refractivity (Wildman–Crippen MR) is 87.7 cm³/mol. The van der Waals surface area contributed by atoms with E-state index in [1.165, 1.54) is 18.5 Å². The Kier molecular flexibility index (Phi) is 3.92. The minimum atomic E-state index is 0.0166. The Balaban J connectivity index is 1.53. The summed E-state index contributed by atoms with van der Waals surface area (Å²) in [5.74, 6) is 1.59. The molecule has 2 aromatic rings. The van der Waals surface area contributed by atoms with Crippen molar-refractivity contribution in [3.05, 3.63) is 41.1 Å². The lowest BCUT2D eigenvalue weighted by molar-refractivity contribution is 0.0619. The third kappa shape index (κ3) is 2.86. The summed E-state index contributed by atoms with van der Waals surface area (Å²) < 4.78 is 13.1. The summed E-state index contributed by atoms with van der Waals surface area (Å²) in [5.41, 5.74) is 2.94. The van der Waals surface area contributed by atoms with Crippen LogP contribution < -0.4 is 0 Å². The molecule has 4 rings (SSSR count). The summed E-state index contributed by atoms with van der Waals surface area (Å²) in [6, 6.07) is 1.75. The summed E-state index contributed by atoms with van der Waals surface area (Å²) in [5, 5.41) is 4.38. The molecular formula is C18H23N3O3. The van der Waals surface area contributed by atoms with E-state index < -0.39 is 0 Å². The van der Waals surface area contributed by atoms with Gasteiger partial charge in [-0.3, -0.25) is 9.48 Å². The van der Waals surface area contributed by atoms with Crippen molar-refractivity contribution in [3.8, 4) is 0 Å². The van der Waals surface area contributed by atoms with E-state index >= 15 is 0 Å². The van der Waals surface area contributed by atoms with Crippen molar-refractivity contribution in [2.75, 3.05) is 19.8 Å². The van der Waals surface area contributed by atoms with Gasteiger partial charge in [0.2, 0.25) is 0 Å². The highest BCUT2D eigenvalue weighted by molar-refractivity contribution is 5.95. The molecule has 1 fully saturated rings. The van der Waals surface area contributed by atoms with Gasteiger partial charge in [-0.15, -0.1) is 0 Å². The molecule has 128 valence electrons. The summed E-state index contributed by atoms with van der Waals surface area (Å²) >= 11 is 0. The molecule has 0 N–H and O–H groups in total. The average Bonchev–Trinajstić information content (AvgIpc) is 3.18. The lowest BCUT2D eigenvalue weighted by atomic mass is 9.96. The number of carbonyl (C=O) groups is 1. The standard InChI is InChI=1S/C18H23N3O3/c1-12-16(5-6-24-12)18(22)21-8-14-7-19-20(2)17(14)15(9-21)11-23-10-13-3-4-13/h5-7,13,15H,3-4,8-11H2,1-2H3. The van der Waals surface area contributed by atoms with Gasteiger partial charge in [-0.2, -0.15) is 5.10 Å². The molecule has 2 aliphatic rings. The number of hydrogen-bond donors (Lipinski definition) is 0. The zero-order valence-electron chi connectivity index (χ0n) is 14.2. The maximum absolute atomic E-state index is 12.8. The van der Waals surface area contributed by atoms with Gasteiger partial charge in [0.15, 0.2) is 0 Å². The number of amides is 1. The lowest BCUT2D eigenvalue weighted by Gasteiger charge is -2.33. The first-order valence-corrected chi connectivity index (χ1v) is 8.55. The van der Waals surface area contributed by atoms with Gasteiger partial charge >= 0.3 is 0 Å². The molecule has 0 radical (unpaired) electrons. The Bertz CT molecular complexity index is 745. The second kappa shape index (κ2) is 6.09. The molecule has 1 amide bonds. The molecule has 0 spiro atoms. The first-order valence-electron chi connectivity index (χ1n) is 8.55. The van der Waals surface area contributed by atoms with Crippen LogP contribution in [0.2, 0.25) is 0 Å². The highest BCUT2D eigenvalue weighted by Crippen LogP contribution is 2.32. The summed E-state index contributed by atoms with van der Waals surface area (Å²) in [6.07, 6.45) is 6.00. The van der Waals surface area contributed by atoms with Crippen LogP contribution in [0.4, 0.5) is 0 Å². The fourth-order valence-electron chi connectivity index (χ4n) is 3.49. The minimum absolute atomic E-state index is 0.0166. The molecule has 6 heteroatoms. The van der Waals surface area contributed by atoms with Crippen LogP contribution in [-0.2, 0) is 18.3 Å². The highest BCUT2D eigenvalue weighted by atomic mass is 16.5. The average molecular weight is 329 g/mol. The highest BCUT2D eigenvalue weighted by Gasteiger charge is 2.33. The number of hydrogen-bond acceptors (Lipinski definition) is 4. The Morgan fingerprint density at radius 2 is 2.25 bits per heavy atom. The molecule has 0 saturated heterocycles. The zero-order chi connectivity index (χ0) is 16.7. The number of rotatable bonds is 5.